The smallest absolute Gasteiger partial charge is 0.186 e. The number of hydrogen-bond donors (Lipinski definition) is 1. The number of thiazole rings is 1. The summed E-state index contributed by atoms with van der Waals surface area (Å²) in [6, 6.07) is 1.02. The Morgan fingerprint density at radius 1 is 1.45 bits per heavy atom. The number of aryl methyl sites for hydroxylation is 1. The molecule has 2 atom stereocenters. The number of aromatic nitrogens is 1. The summed E-state index contributed by atoms with van der Waals surface area (Å²) in [5.74, 6) is 0. The maximum Gasteiger partial charge on any atom is 0.186 e. The number of morpholine rings is 1. The summed E-state index contributed by atoms with van der Waals surface area (Å²) in [6.45, 7) is 8.12. The summed E-state index contributed by atoms with van der Waals surface area (Å²) in [4.78, 5) is 8.90. The molecule has 0 spiro atoms. The van der Waals surface area contributed by atoms with Crippen LogP contribution in [0.4, 0.5) is 5.13 Å². The number of ether oxygens (including phenoxy) is 1. The molecule has 2 unspecified atom stereocenters. The lowest BCUT2D eigenvalue weighted by molar-refractivity contribution is 0.0929. The van der Waals surface area contributed by atoms with Crippen molar-refractivity contribution in [1.29, 1.82) is 0 Å². The van der Waals surface area contributed by atoms with Gasteiger partial charge in [0, 0.05) is 17.5 Å². The first-order valence-electron chi connectivity index (χ1n) is 7.90. The van der Waals surface area contributed by atoms with Crippen LogP contribution in [0.1, 0.15) is 49.7 Å². The van der Waals surface area contributed by atoms with Crippen LogP contribution < -0.4 is 10.2 Å². The molecule has 0 amide bonds. The van der Waals surface area contributed by atoms with Gasteiger partial charge in [0.25, 0.3) is 0 Å². The zero-order chi connectivity index (χ0) is 13.9. The highest BCUT2D eigenvalue weighted by Crippen LogP contribution is 2.38. The minimum atomic E-state index is 0.494. The van der Waals surface area contributed by atoms with E-state index in [0.717, 1.165) is 39.1 Å². The van der Waals surface area contributed by atoms with Gasteiger partial charge in [0.1, 0.15) is 0 Å². The van der Waals surface area contributed by atoms with Gasteiger partial charge < -0.3 is 15.0 Å². The van der Waals surface area contributed by atoms with Crippen LogP contribution in [-0.2, 0) is 11.2 Å². The minimum Gasteiger partial charge on any atom is -0.377 e. The third kappa shape index (κ3) is 2.71. The summed E-state index contributed by atoms with van der Waals surface area (Å²) < 4.78 is 5.61. The van der Waals surface area contributed by atoms with E-state index in [0.29, 0.717) is 12.1 Å². The topological polar surface area (TPSA) is 37.4 Å². The van der Waals surface area contributed by atoms with E-state index in [1.807, 2.05) is 11.3 Å². The Balaban J connectivity index is 1.84. The fourth-order valence-electron chi connectivity index (χ4n) is 3.22. The van der Waals surface area contributed by atoms with Crippen LogP contribution in [0.25, 0.3) is 0 Å². The van der Waals surface area contributed by atoms with Gasteiger partial charge in [-0.05, 0) is 32.2 Å². The average Bonchev–Trinajstić information content (AvgIpc) is 2.92. The van der Waals surface area contributed by atoms with E-state index in [9.17, 15) is 0 Å². The molecule has 1 N–H and O–H groups in total. The minimum absolute atomic E-state index is 0.494. The van der Waals surface area contributed by atoms with E-state index in [2.05, 4.69) is 24.1 Å². The van der Waals surface area contributed by atoms with Crippen LogP contribution in [0.15, 0.2) is 0 Å². The molecule has 1 aliphatic heterocycles. The molecule has 4 nitrogen and oxygen atoms in total. The van der Waals surface area contributed by atoms with Gasteiger partial charge in [-0.25, -0.2) is 4.98 Å². The number of anilines is 1. The van der Waals surface area contributed by atoms with E-state index in [1.165, 1.54) is 28.5 Å². The van der Waals surface area contributed by atoms with Crippen molar-refractivity contribution in [3.05, 3.63) is 10.6 Å². The highest BCUT2D eigenvalue weighted by atomic mass is 32.1. The van der Waals surface area contributed by atoms with E-state index in [-0.39, 0.29) is 0 Å². The summed E-state index contributed by atoms with van der Waals surface area (Å²) in [7, 11) is 0. The van der Waals surface area contributed by atoms with Gasteiger partial charge in [0.2, 0.25) is 0 Å². The number of nitrogens with one attached hydrogen (secondary N) is 1. The van der Waals surface area contributed by atoms with Gasteiger partial charge in [-0.15, -0.1) is 0 Å². The van der Waals surface area contributed by atoms with E-state index >= 15 is 0 Å². The first-order chi connectivity index (χ1) is 9.83. The monoisotopic (exact) mass is 295 g/mol. The van der Waals surface area contributed by atoms with Crippen molar-refractivity contribution >= 4 is 16.5 Å². The molecule has 0 radical (unpaired) electrons. The molecule has 5 heteroatoms. The van der Waals surface area contributed by atoms with Crippen molar-refractivity contribution in [2.24, 2.45) is 0 Å². The van der Waals surface area contributed by atoms with Crippen molar-refractivity contribution in [2.45, 2.75) is 51.6 Å². The molecule has 0 saturated carbocycles. The number of rotatable bonds is 4. The lowest BCUT2D eigenvalue weighted by Gasteiger charge is -2.34. The molecule has 1 aromatic rings. The largest absolute Gasteiger partial charge is 0.377 e. The van der Waals surface area contributed by atoms with Crippen LogP contribution in [0.2, 0.25) is 0 Å². The third-order valence-corrected chi connectivity index (χ3v) is 5.58. The Bertz CT molecular complexity index is 448. The molecular weight excluding hydrogens is 270 g/mol. The molecule has 1 aromatic heterocycles. The number of hydrogen-bond acceptors (Lipinski definition) is 5. The molecule has 2 aliphatic rings. The Labute approximate surface area is 125 Å². The Kier molecular flexibility index (Phi) is 4.58. The lowest BCUT2D eigenvalue weighted by Crippen LogP contribution is -2.45. The predicted molar refractivity (Wildman–Crippen MR) is 83.7 cm³/mol. The van der Waals surface area contributed by atoms with E-state index in [4.69, 9.17) is 9.72 Å². The summed E-state index contributed by atoms with van der Waals surface area (Å²) in [5, 5.41) is 4.83. The maximum atomic E-state index is 5.61. The second-order valence-electron chi connectivity index (χ2n) is 5.64. The van der Waals surface area contributed by atoms with Gasteiger partial charge >= 0.3 is 0 Å². The third-order valence-electron chi connectivity index (χ3n) is 4.33. The van der Waals surface area contributed by atoms with E-state index in [1.54, 1.807) is 0 Å². The highest BCUT2D eigenvalue weighted by Gasteiger charge is 2.29. The van der Waals surface area contributed by atoms with Crippen LogP contribution >= 0.6 is 11.3 Å². The van der Waals surface area contributed by atoms with Crippen LogP contribution in [0.5, 0.6) is 0 Å². The van der Waals surface area contributed by atoms with Gasteiger partial charge in [-0.3, -0.25) is 0 Å². The lowest BCUT2D eigenvalue weighted by atomic mass is 9.98. The van der Waals surface area contributed by atoms with Gasteiger partial charge in [0.15, 0.2) is 5.13 Å². The quantitative estimate of drug-likeness (QED) is 0.927. The van der Waals surface area contributed by atoms with Crippen molar-refractivity contribution in [3.63, 3.8) is 0 Å². The molecule has 20 heavy (non-hydrogen) atoms. The normalized spacial score (nSPS) is 26.6. The molecular formula is C15H25N3OS. The fraction of sp³-hybridized carbons (Fsp3) is 0.800. The van der Waals surface area contributed by atoms with Gasteiger partial charge in [0.05, 0.1) is 24.9 Å². The first kappa shape index (κ1) is 14.3. The number of fused-ring (bicyclic) bond motifs is 1. The van der Waals surface area contributed by atoms with Crippen molar-refractivity contribution in [1.82, 2.24) is 10.3 Å². The summed E-state index contributed by atoms with van der Waals surface area (Å²) in [6.07, 6.45) is 4.78. The Morgan fingerprint density at radius 3 is 3.15 bits per heavy atom. The predicted octanol–water partition coefficient (Wildman–Crippen LogP) is 2.75. The molecule has 1 saturated heterocycles. The molecule has 1 fully saturated rings. The van der Waals surface area contributed by atoms with Crippen LogP contribution in [0.3, 0.4) is 0 Å². The maximum absolute atomic E-state index is 5.61. The Hall–Kier alpha value is -0.650. The highest BCUT2D eigenvalue weighted by molar-refractivity contribution is 7.15. The van der Waals surface area contributed by atoms with Gasteiger partial charge in [-0.1, -0.05) is 25.2 Å². The standard InChI is InChI=1S/C15H25N3OS/c1-3-11-10-19-9-8-18(11)15-17-13-7-5-6-12(16-4-2)14(13)20-15/h11-12,16H,3-10H2,1-2H3. The zero-order valence-corrected chi connectivity index (χ0v) is 13.3. The van der Waals surface area contributed by atoms with Crippen molar-refractivity contribution < 1.29 is 4.74 Å². The molecule has 3 rings (SSSR count). The van der Waals surface area contributed by atoms with Crippen LogP contribution in [-0.4, -0.2) is 37.3 Å². The molecule has 1 aliphatic carbocycles. The fourth-order valence-corrected chi connectivity index (χ4v) is 4.53. The molecule has 0 aromatic carbocycles. The molecule has 112 valence electrons. The van der Waals surface area contributed by atoms with Crippen LogP contribution in [0, 0.1) is 0 Å². The first-order valence-corrected chi connectivity index (χ1v) is 8.72. The average molecular weight is 295 g/mol. The number of nitrogens with zero attached hydrogens (tertiary/aromatic N) is 2. The van der Waals surface area contributed by atoms with E-state index < -0.39 is 0 Å². The van der Waals surface area contributed by atoms with Crippen molar-refractivity contribution in [2.75, 3.05) is 31.2 Å². The van der Waals surface area contributed by atoms with Crippen molar-refractivity contribution in [3.8, 4) is 0 Å². The molecule has 0 bridgehead atoms. The Morgan fingerprint density at radius 2 is 2.35 bits per heavy atom. The second kappa shape index (κ2) is 6.41. The second-order valence-corrected chi connectivity index (χ2v) is 6.65. The van der Waals surface area contributed by atoms with Gasteiger partial charge in [-0.2, -0.15) is 0 Å². The summed E-state index contributed by atoms with van der Waals surface area (Å²) >= 11 is 1.91. The summed E-state index contributed by atoms with van der Waals surface area (Å²) in [5.41, 5.74) is 1.34. The molecule has 2 heterocycles. The SMILES string of the molecule is CCNC1CCCc2nc(N3CCOCC3CC)sc21. The zero-order valence-electron chi connectivity index (χ0n) is 12.5.